The van der Waals surface area contributed by atoms with Crippen LogP contribution in [0.5, 0.6) is 0 Å². The fourth-order valence-corrected chi connectivity index (χ4v) is 3.35. The van der Waals surface area contributed by atoms with Crippen molar-refractivity contribution in [1.29, 1.82) is 0 Å². The van der Waals surface area contributed by atoms with Gasteiger partial charge in [0.2, 0.25) is 5.91 Å². The second-order valence-electron chi connectivity index (χ2n) is 6.19. The highest BCUT2D eigenvalue weighted by Gasteiger charge is 2.23. The third-order valence-electron chi connectivity index (χ3n) is 4.50. The zero-order valence-electron chi connectivity index (χ0n) is 11.7. The molecule has 0 aromatic carbocycles. The Morgan fingerprint density at radius 1 is 1.22 bits per heavy atom. The van der Waals surface area contributed by atoms with Gasteiger partial charge in [-0.15, -0.1) is 0 Å². The van der Waals surface area contributed by atoms with E-state index in [1.54, 1.807) is 0 Å². The third-order valence-corrected chi connectivity index (χ3v) is 4.50. The Hall–Kier alpha value is -0.570. The molecule has 0 aromatic heterocycles. The first-order valence-corrected chi connectivity index (χ1v) is 7.77. The van der Waals surface area contributed by atoms with Crippen LogP contribution in [0.4, 0.5) is 0 Å². The molecule has 2 fully saturated rings. The molecule has 1 saturated carbocycles. The summed E-state index contributed by atoms with van der Waals surface area (Å²) in [5.74, 6) is 1.26. The Bertz CT molecular complexity index is 255. The topological polar surface area (TPSA) is 41.1 Å². The van der Waals surface area contributed by atoms with Crippen molar-refractivity contribution in [3.8, 4) is 0 Å². The van der Waals surface area contributed by atoms with E-state index in [1.165, 1.54) is 38.5 Å². The Kier molecular flexibility index (Phi) is 5.48. The summed E-state index contributed by atoms with van der Waals surface area (Å²) in [7, 11) is 0. The van der Waals surface area contributed by atoms with Gasteiger partial charge in [-0.25, -0.2) is 0 Å². The molecule has 18 heavy (non-hydrogen) atoms. The summed E-state index contributed by atoms with van der Waals surface area (Å²) in [4.78, 5) is 12.1. The fraction of sp³-hybridized carbons (Fsp3) is 0.933. The van der Waals surface area contributed by atoms with Gasteiger partial charge < -0.3 is 10.6 Å². The summed E-state index contributed by atoms with van der Waals surface area (Å²) in [6.45, 7) is 4.14. The summed E-state index contributed by atoms with van der Waals surface area (Å²) in [6, 6.07) is 0.361. The number of carbonyl (C=O) groups excluding carboxylic acids is 1. The maximum Gasteiger partial charge on any atom is 0.223 e. The van der Waals surface area contributed by atoms with E-state index < -0.39 is 0 Å². The molecule has 2 rings (SSSR count). The van der Waals surface area contributed by atoms with Gasteiger partial charge in [0.05, 0.1) is 0 Å². The van der Waals surface area contributed by atoms with Gasteiger partial charge in [-0.05, 0) is 31.7 Å². The van der Waals surface area contributed by atoms with Crippen LogP contribution in [0.25, 0.3) is 0 Å². The number of hydrogen-bond donors (Lipinski definition) is 2. The highest BCUT2D eigenvalue weighted by Crippen LogP contribution is 2.29. The van der Waals surface area contributed by atoms with Gasteiger partial charge in [-0.1, -0.05) is 39.0 Å². The molecule has 2 atom stereocenters. The van der Waals surface area contributed by atoms with Crippen molar-refractivity contribution in [3.05, 3.63) is 0 Å². The van der Waals surface area contributed by atoms with E-state index in [9.17, 15) is 4.79 Å². The molecule has 0 spiro atoms. The van der Waals surface area contributed by atoms with Gasteiger partial charge in [0, 0.05) is 18.5 Å². The predicted octanol–water partition coefficient (Wildman–Crippen LogP) is 2.46. The van der Waals surface area contributed by atoms with Gasteiger partial charge >= 0.3 is 0 Å². The van der Waals surface area contributed by atoms with Crippen LogP contribution in [-0.4, -0.2) is 25.0 Å². The van der Waals surface area contributed by atoms with Crippen LogP contribution in [0.3, 0.4) is 0 Å². The smallest absolute Gasteiger partial charge is 0.223 e. The number of amides is 1. The molecule has 0 aromatic rings. The van der Waals surface area contributed by atoms with Gasteiger partial charge in [0.15, 0.2) is 0 Å². The molecule has 3 heteroatoms. The summed E-state index contributed by atoms with van der Waals surface area (Å²) in [6.07, 6.45) is 10.2. The van der Waals surface area contributed by atoms with Crippen LogP contribution in [0.1, 0.15) is 58.3 Å². The van der Waals surface area contributed by atoms with Gasteiger partial charge in [0.25, 0.3) is 0 Å². The molecule has 0 radical (unpaired) electrons. The van der Waals surface area contributed by atoms with Crippen molar-refractivity contribution < 1.29 is 4.79 Å². The molecule has 1 aliphatic heterocycles. The van der Waals surface area contributed by atoms with Crippen LogP contribution in [0.15, 0.2) is 0 Å². The normalized spacial score (nSPS) is 27.7. The zero-order valence-corrected chi connectivity index (χ0v) is 11.7. The Morgan fingerprint density at radius 2 is 2.00 bits per heavy atom. The lowest BCUT2D eigenvalue weighted by Gasteiger charge is -2.27. The van der Waals surface area contributed by atoms with E-state index in [1.807, 2.05) is 0 Å². The first-order chi connectivity index (χ1) is 8.75. The van der Waals surface area contributed by atoms with Crippen molar-refractivity contribution in [3.63, 3.8) is 0 Å². The monoisotopic (exact) mass is 252 g/mol. The standard InChI is InChI=1S/C15H28N2O/c1-12(10-13-6-3-2-4-7-13)15(18)17-14-8-5-9-16-11-14/h12-14,16H,2-11H2,1H3,(H,17,18)/t12?,14-/m0/s1. The first kappa shape index (κ1) is 13.9. The van der Waals surface area contributed by atoms with Crippen LogP contribution < -0.4 is 10.6 Å². The van der Waals surface area contributed by atoms with Crippen LogP contribution in [-0.2, 0) is 4.79 Å². The average Bonchev–Trinajstić information content (AvgIpc) is 2.41. The molecule has 1 heterocycles. The maximum absolute atomic E-state index is 12.1. The number of nitrogens with one attached hydrogen (secondary N) is 2. The van der Waals surface area contributed by atoms with Gasteiger partial charge in [0.1, 0.15) is 0 Å². The predicted molar refractivity (Wildman–Crippen MR) is 74.4 cm³/mol. The Morgan fingerprint density at radius 3 is 2.67 bits per heavy atom. The summed E-state index contributed by atoms with van der Waals surface area (Å²) >= 11 is 0. The molecule has 104 valence electrons. The van der Waals surface area contributed by atoms with E-state index in [-0.39, 0.29) is 11.8 Å². The van der Waals surface area contributed by atoms with Crippen molar-refractivity contribution >= 4 is 5.91 Å². The minimum atomic E-state index is 0.190. The molecule has 0 bridgehead atoms. The highest BCUT2D eigenvalue weighted by molar-refractivity contribution is 5.78. The van der Waals surface area contributed by atoms with Crippen molar-refractivity contribution in [2.24, 2.45) is 11.8 Å². The van der Waals surface area contributed by atoms with E-state index in [0.717, 1.165) is 31.8 Å². The highest BCUT2D eigenvalue weighted by atomic mass is 16.1. The SMILES string of the molecule is CC(CC1CCCCC1)C(=O)N[C@H]1CCCNC1. The van der Waals surface area contributed by atoms with E-state index in [0.29, 0.717) is 6.04 Å². The summed E-state index contributed by atoms with van der Waals surface area (Å²) < 4.78 is 0. The molecular formula is C15H28N2O. The number of piperidine rings is 1. The fourth-order valence-electron chi connectivity index (χ4n) is 3.35. The molecule has 1 unspecified atom stereocenters. The molecule has 2 N–H and O–H groups in total. The zero-order chi connectivity index (χ0) is 12.8. The maximum atomic E-state index is 12.1. The summed E-state index contributed by atoms with van der Waals surface area (Å²) in [5, 5.41) is 6.55. The molecule has 3 nitrogen and oxygen atoms in total. The van der Waals surface area contributed by atoms with E-state index in [4.69, 9.17) is 0 Å². The van der Waals surface area contributed by atoms with Crippen LogP contribution >= 0.6 is 0 Å². The number of carbonyl (C=O) groups is 1. The lowest BCUT2D eigenvalue weighted by atomic mass is 9.83. The minimum absolute atomic E-state index is 0.190. The number of rotatable bonds is 4. The Labute approximate surface area is 111 Å². The van der Waals surface area contributed by atoms with E-state index >= 15 is 0 Å². The lowest BCUT2D eigenvalue weighted by Crippen LogP contribution is -2.47. The first-order valence-electron chi connectivity index (χ1n) is 7.77. The summed E-state index contributed by atoms with van der Waals surface area (Å²) in [5.41, 5.74) is 0. The molecule has 1 amide bonds. The van der Waals surface area contributed by atoms with Gasteiger partial charge in [-0.2, -0.15) is 0 Å². The second kappa shape index (κ2) is 7.13. The van der Waals surface area contributed by atoms with Crippen molar-refractivity contribution in [1.82, 2.24) is 10.6 Å². The van der Waals surface area contributed by atoms with Gasteiger partial charge in [-0.3, -0.25) is 4.79 Å². The molecule has 1 saturated heterocycles. The van der Waals surface area contributed by atoms with Crippen LogP contribution in [0.2, 0.25) is 0 Å². The van der Waals surface area contributed by atoms with Crippen molar-refractivity contribution in [2.75, 3.05) is 13.1 Å². The lowest BCUT2D eigenvalue weighted by molar-refractivity contribution is -0.125. The average molecular weight is 252 g/mol. The third kappa shape index (κ3) is 4.27. The quantitative estimate of drug-likeness (QED) is 0.807. The van der Waals surface area contributed by atoms with Crippen molar-refractivity contribution in [2.45, 2.75) is 64.3 Å². The minimum Gasteiger partial charge on any atom is -0.352 e. The van der Waals surface area contributed by atoms with E-state index in [2.05, 4.69) is 17.6 Å². The molecule has 2 aliphatic rings. The Balaban J connectivity index is 1.69. The van der Waals surface area contributed by atoms with Crippen LogP contribution in [0, 0.1) is 11.8 Å². The second-order valence-corrected chi connectivity index (χ2v) is 6.19. The largest absolute Gasteiger partial charge is 0.352 e. The molecular weight excluding hydrogens is 224 g/mol. The number of hydrogen-bond acceptors (Lipinski definition) is 2. The molecule has 1 aliphatic carbocycles.